The molecule has 6 heteroatoms. The molecule has 1 aliphatic carbocycles. The molecular weight excluding hydrogens is 260 g/mol. The second kappa shape index (κ2) is 6.67. The van der Waals surface area contributed by atoms with Crippen molar-refractivity contribution in [2.45, 2.75) is 38.0 Å². The normalized spacial score (nSPS) is 21.9. The highest BCUT2D eigenvalue weighted by Crippen LogP contribution is 2.26. The van der Waals surface area contributed by atoms with E-state index in [1.54, 1.807) is 26.4 Å². The van der Waals surface area contributed by atoms with E-state index in [-0.39, 0.29) is 10.6 Å². The molecule has 0 heterocycles. The second-order valence-electron chi connectivity index (χ2n) is 5.00. The Kier molecular flexibility index (Phi) is 4.92. The Morgan fingerprint density at radius 3 is 2.80 bits per heavy atom. The molecule has 6 nitrogen and oxygen atoms in total. The molecule has 0 aliphatic heterocycles. The predicted octanol–water partition coefficient (Wildman–Crippen LogP) is 2.26. The molecule has 1 fully saturated rings. The number of nitro groups is 1. The summed E-state index contributed by atoms with van der Waals surface area (Å²) < 4.78 is 10.6. The summed E-state index contributed by atoms with van der Waals surface area (Å²) in [4.78, 5) is 10.4. The molecule has 0 spiro atoms. The summed E-state index contributed by atoms with van der Waals surface area (Å²) >= 11 is 0. The zero-order chi connectivity index (χ0) is 14.5. The van der Waals surface area contributed by atoms with Crippen LogP contribution in [0.25, 0.3) is 0 Å². The van der Waals surface area contributed by atoms with Crippen molar-refractivity contribution < 1.29 is 14.4 Å². The minimum atomic E-state index is -0.389. The summed E-state index contributed by atoms with van der Waals surface area (Å²) in [6, 6.07) is 5.05. The van der Waals surface area contributed by atoms with Gasteiger partial charge in [-0.25, -0.2) is 0 Å². The summed E-state index contributed by atoms with van der Waals surface area (Å²) in [5.74, 6) is 0.671. The zero-order valence-corrected chi connectivity index (χ0v) is 11.8. The van der Waals surface area contributed by atoms with Gasteiger partial charge in [0.05, 0.1) is 18.1 Å². The maximum Gasteiger partial charge on any atom is 0.270 e. The van der Waals surface area contributed by atoms with Crippen molar-refractivity contribution in [3.63, 3.8) is 0 Å². The first-order valence-corrected chi connectivity index (χ1v) is 6.71. The van der Waals surface area contributed by atoms with Crippen molar-refractivity contribution in [2.75, 3.05) is 14.2 Å². The standard InChI is InChI=1S/C14H20N2O4/c1-19-13-5-3-11(8-13)15-9-10-7-12(16(17)18)4-6-14(10)20-2/h4,6-7,11,13,15H,3,5,8-9H2,1-2H3. The molecule has 1 saturated carbocycles. The fourth-order valence-corrected chi connectivity index (χ4v) is 2.61. The molecule has 0 saturated heterocycles. The van der Waals surface area contributed by atoms with Gasteiger partial charge in [-0.3, -0.25) is 10.1 Å². The van der Waals surface area contributed by atoms with Gasteiger partial charge in [0.2, 0.25) is 0 Å². The summed E-state index contributed by atoms with van der Waals surface area (Å²) in [5.41, 5.74) is 0.895. The van der Waals surface area contributed by atoms with Crippen LogP contribution in [-0.4, -0.2) is 31.3 Å². The van der Waals surface area contributed by atoms with E-state index in [4.69, 9.17) is 9.47 Å². The summed E-state index contributed by atoms with van der Waals surface area (Å²) in [6.07, 6.45) is 3.42. The van der Waals surface area contributed by atoms with Gasteiger partial charge in [-0.05, 0) is 25.3 Å². The highest BCUT2D eigenvalue weighted by Gasteiger charge is 2.24. The molecule has 2 rings (SSSR count). The molecule has 0 radical (unpaired) electrons. The monoisotopic (exact) mass is 280 g/mol. The van der Waals surface area contributed by atoms with E-state index in [1.165, 1.54) is 6.07 Å². The lowest BCUT2D eigenvalue weighted by molar-refractivity contribution is -0.384. The van der Waals surface area contributed by atoms with Gasteiger partial charge >= 0.3 is 0 Å². The highest BCUT2D eigenvalue weighted by molar-refractivity contribution is 5.43. The van der Waals surface area contributed by atoms with Crippen molar-refractivity contribution in [3.8, 4) is 5.75 Å². The first-order chi connectivity index (χ1) is 9.63. The first kappa shape index (κ1) is 14.7. The van der Waals surface area contributed by atoms with Crippen molar-refractivity contribution in [2.24, 2.45) is 0 Å². The van der Waals surface area contributed by atoms with Crippen molar-refractivity contribution in [1.29, 1.82) is 0 Å². The number of nitrogens with zero attached hydrogens (tertiary/aromatic N) is 1. The lowest BCUT2D eigenvalue weighted by atomic mass is 10.1. The van der Waals surface area contributed by atoms with Gasteiger partial charge in [-0.1, -0.05) is 0 Å². The third-order valence-corrected chi connectivity index (χ3v) is 3.77. The number of methoxy groups -OCH3 is 2. The van der Waals surface area contributed by atoms with Crippen molar-refractivity contribution in [3.05, 3.63) is 33.9 Å². The molecular formula is C14H20N2O4. The molecule has 2 atom stereocenters. The molecule has 0 bridgehead atoms. The summed E-state index contributed by atoms with van der Waals surface area (Å²) in [6.45, 7) is 0.561. The fourth-order valence-electron chi connectivity index (χ4n) is 2.61. The van der Waals surface area contributed by atoms with E-state index >= 15 is 0 Å². The van der Waals surface area contributed by atoms with E-state index in [1.807, 2.05) is 0 Å². The van der Waals surface area contributed by atoms with Crippen molar-refractivity contribution >= 4 is 5.69 Å². The predicted molar refractivity (Wildman–Crippen MR) is 74.9 cm³/mol. The minimum Gasteiger partial charge on any atom is -0.496 e. The Hall–Kier alpha value is -1.66. The Morgan fingerprint density at radius 1 is 1.40 bits per heavy atom. The SMILES string of the molecule is COc1ccc([N+](=O)[O-])cc1CNC1CCC(OC)C1. The Bertz CT molecular complexity index is 478. The van der Waals surface area contributed by atoms with Crippen molar-refractivity contribution in [1.82, 2.24) is 5.32 Å². The van der Waals surface area contributed by atoms with Crippen LogP contribution >= 0.6 is 0 Å². The fraction of sp³-hybridized carbons (Fsp3) is 0.571. The third kappa shape index (κ3) is 3.46. The van der Waals surface area contributed by atoms with E-state index in [9.17, 15) is 10.1 Å². The lowest BCUT2D eigenvalue weighted by Gasteiger charge is -2.14. The van der Waals surface area contributed by atoms with Crippen LogP contribution in [0.15, 0.2) is 18.2 Å². The van der Waals surface area contributed by atoms with E-state index in [0.717, 1.165) is 24.8 Å². The molecule has 0 amide bonds. The largest absolute Gasteiger partial charge is 0.496 e. The maximum absolute atomic E-state index is 10.8. The van der Waals surface area contributed by atoms with Gasteiger partial charge in [-0.2, -0.15) is 0 Å². The number of nitrogens with one attached hydrogen (secondary N) is 1. The molecule has 1 N–H and O–H groups in total. The van der Waals surface area contributed by atoms with Crippen LogP contribution in [0.3, 0.4) is 0 Å². The van der Waals surface area contributed by atoms with E-state index < -0.39 is 0 Å². The van der Waals surface area contributed by atoms with Gasteiger partial charge < -0.3 is 14.8 Å². The second-order valence-corrected chi connectivity index (χ2v) is 5.00. The number of hydrogen-bond acceptors (Lipinski definition) is 5. The van der Waals surface area contributed by atoms with Crippen LogP contribution in [0.2, 0.25) is 0 Å². The van der Waals surface area contributed by atoms with Gasteiger partial charge in [-0.15, -0.1) is 0 Å². The topological polar surface area (TPSA) is 73.6 Å². The average molecular weight is 280 g/mol. The highest BCUT2D eigenvalue weighted by atomic mass is 16.6. The zero-order valence-electron chi connectivity index (χ0n) is 11.8. The minimum absolute atomic E-state index is 0.0868. The molecule has 1 aliphatic rings. The first-order valence-electron chi connectivity index (χ1n) is 6.71. The average Bonchev–Trinajstić information content (AvgIpc) is 2.92. The number of ether oxygens (including phenoxy) is 2. The van der Waals surface area contributed by atoms with E-state index in [0.29, 0.717) is 24.4 Å². The van der Waals surface area contributed by atoms with Gasteiger partial charge in [0.25, 0.3) is 5.69 Å². The summed E-state index contributed by atoms with van der Waals surface area (Å²) in [5, 5.41) is 14.2. The number of nitro benzene ring substituents is 1. The van der Waals surface area contributed by atoms with Crippen LogP contribution < -0.4 is 10.1 Å². The quantitative estimate of drug-likeness (QED) is 0.639. The number of non-ortho nitro benzene ring substituents is 1. The Balaban J connectivity index is 2.01. The van der Waals surface area contributed by atoms with Gasteiger partial charge in [0.1, 0.15) is 5.75 Å². The van der Waals surface area contributed by atoms with Crippen LogP contribution in [-0.2, 0) is 11.3 Å². The Morgan fingerprint density at radius 2 is 2.20 bits per heavy atom. The lowest BCUT2D eigenvalue weighted by Crippen LogP contribution is -2.26. The third-order valence-electron chi connectivity index (χ3n) is 3.77. The number of benzene rings is 1. The van der Waals surface area contributed by atoms with E-state index in [2.05, 4.69) is 5.32 Å². The van der Waals surface area contributed by atoms with Gasteiger partial charge in [0, 0.05) is 37.4 Å². The smallest absolute Gasteiger partial charge is 0.270 e. The maximum atomic E-state index is 10.8. The summed E-state index contributed by atoms with van der Waals surface area (Å²) in [7, 11) is 3.30. The molecule has 1 aromatic rings. The molecule has 110 valence electrons. The Labute approximate surface area is 118 Å². The number of hydrogen-bond donors (Lipinski definition) is 1. The van der Waals surface area contributed by atoms with Crippen LogP contribution in [0.5, 0.6) is 5.75 Å². The molecule has 2 unspecified atom stereocenters. The number of rotatable bonds is 6. The van der Waals surface area contributed by atoms with Gasteiger partial charge in [0.15, 0.2) is 0 Å². The van der Waals surface area contributed by atoms with Crippen LogP contribution in [0.1, 0.15) is 24.8 Å². The van der Waals surface area contributed by atoms with Crippen LogP contribution in [0.4, 0.5) is 5.69 Å². The molecule has 1 aromatic carbocycles. The van der Waals surface area contributed by atoms with Crippen LogP contribution in [0, 0.1) is 10.1 Å². The molecule has 0 aromatic heterocycles. The molecule has 20 heavy (non-hydrogen) atoms.